The molecule has 1 rings (SSSR count). The van der Waals surface area contributed by atoms with Crippen LogP contribution in [0.4, 0.5) is 4.39 Å². The van der Waals surface area contributed by atoms with Crippen molar-refractivity contribution in [1.82, 2.24) is 14.5 Å². The Morgan fingerprint density at radius 2 is 1.86 bits per heavy atom. The van der Waals surface area contributed by atoms with E-state index in [-0.39, 0.29) is 9.92 Å². The summed E-state index contributed by atoms with van der Waals surface area (Å²) in [7, 11) is 3.13. The second-order valence-corrected chi connectivity index (χ2v) is 7.46. The molecule has 21 heavy (non-hydrogen) atoms. The Bertz CT molecular complexity index is 593. The van der Waals surface area contributed by atoms with Crippen LogP contribution in [0.15, 0.2) is 17.0 Å². The molecule has 120 valence electrons. The number of nitrogens with one attached hydrogen (secondary N) is 1. The lowest BCUT2D eigenvalue weighted by Gasteiger charge is -2.20. The highest BCUT2D eigenvalue weighted by Crippen LogP contribution is 2.25. The Hall–Kier alpha value is -0.730. The van der Waals surface area contributed by atoms with Gasteiger partial charge in [0, 0.05) is 26.7 Å². The monoisotopic (exact) mass is 337 g/mol. The second-order valence-electron chi connectivity index (χ2n) is 5.04. The molecule has 1 aromatic carbocycles. The zero-order chi connectivity index (χ0) is 16.2. The van der Waals surface area contributed by atoms with Gasteiger partial charge < -0.3 is 10.2 Å². The first-order chi connectivity index (χ1) is 9.70. The first-order valence-corrected chi connectivity index (χ1v) is 8.25. The fourth-order valence-electron chi connectivity index (χ4n) is 1.73. The smallest absolute Gasteiger partial charge is 0.242 e. The van der Waals surface area contributed by atoms with Crippen LogP contribution < -0.4 is 5.32 Å². The van der Waals surface area contributed by atoms with E-state index in [0.29, 0.717) is 25.2 Å². The van der Waals surface area contributed by atoms with Crippen molar-refractivity contribution in [3.8, 4) is 0 Å². The number of halogens is 2. The minimum Gasteiger partial charge on any atom is -0.316 e. The number of hydrogen-bond acceptors (Lipinski definition) is 4. The molecule has 0 aliphatic carbocycles. The van der Waals surface area contributed by atoms with E-state index < -0.39 is 15.8 Å². The number of rotatable bonds is 7. The van der Waals surface area contributed by atoms with Gasteiger partial charge in [0.1, 0.15) is 5.82 Å². The van der Waals surface area contributed by atoms with Crippen LogP contribution in [0, 0.1) is 5.82 Å². The van der Waals surface area contributed by atoms with Crippen LogP contribution >= 0.6 is 11.6 Å². The standard InChI is InChI=1S/C13H21ClFN3O2S/c1-16-9-10-7-11(8-12(15)13(10)14)21(19,20)18(4)6-5-17(2)3/h7-8,16H,5-6,9H2,1-4H3. The molecule has 0 saturated carbocycles. The van der Waals surface area contributed by atoms with Gasteiger partial charge in [-0.2, -0.15) is 4.31 Å². The Morgan fingerprint density at radius 3 is 2.38 bits per heavy atom. The molecular formula is C13H21ClFN3O2S. The zero-order valence-electron chi connectivity index (χ0n) is 12.7. The predicted molar refractivity (Wildman–Crippen MR) is 82.5 cm³/mol. The van der Waals surface area contributed by atoms with Gasteiger partial charge in [0.25, 0.3) is 0 Å². The molecule has 1 aromatic rings. The molecule has 0 fully saturated rings. The topological polar surface area (TPSA) is 52.7 Å². The number of likely N-dealkylation sites (N-methyl/N-ethyl adjacent to an activating group) is 2. The third-order valence-electron chi connectivity index (χ3n) is 3.01. The van der Waals surface area contributed by atoms with Gasteiger partial charge in [-0.3, -0.25) is 0 Å². The Kier molecular flexibility index (Phi) is 6.55. The van der Waals surface area contributed by atoms with Gasteiger partial charge >= 0.3 is 0 Å². The summed E-state index contributed by atoms with van der Waals surface area (Å²) in [5.74, 6) is -0.732. The minimum absolute atomic E-state index is 0.0563. The lowest BCUT2D eigenvalue weighted by atomic mass is 10.2. The third-order valence-corrected chi connectivity index (χ3v) is 5.27. The summed E-state index contributed by atoms with van der Waals surface area (Å²) in [6.45, 7) is 1.19. The van der Waals surface area contributed by atoms with E-state index in [1.54, 1.807) is 7.05 Å². The molecule has 8 heteroatoms. The maximum Gasteiger partial charge on any atom is 0.242 e. The molecule has 0 aromatic heterocycles. The van der Waals surface area contributed by atoms with Crippen molar-refractivity contribution in [3.05, 3.63) is 28.5 Å². The van der Waals surface area contributed by atoms with Gasteiger partial charge in [-0.1, -0.05) is 11.6 Å². The van der Waals surface area contributed by atoms with Gasteiger partial charge in [0.15, 0.2) is 0 Å². The van der Waals surface area contributed by atoms with Gasteiger partial charge in [0.2, 0.25) is 10.0 Å². The van der Waals surface area contributed by atoms with Gasteiger partial charge in [0.05, 0.1) is 9.92 Å². The van der Waals surface area contributed by atoms with Crippen molar-refractivity contribution in [1.29, 1.82) is 0 Å². The van der Waals surface area contributed by atoms with Crippen LogP contribution in [0.3, 0.4) is 0 Å². The largest absolute Gasteiger partial charge is 0.316 e. The van der Waals surface area contributed by atoms with Crippen LogP contribution in [0.2, 0.25) is 5.02 Å². The third kappa shape index (κ3) is 4.62. The first-order valence-electron chi connectivity index (χ1n) is 6.43. The molecule has 0 bridgehead atoms. The van der Waals surface area contributed by atoms with Crippen LogP contribution in [0.25, 0.3) is 0 Å². The number of nitrogens with zero attached hydrogens (tertiary/aromatic N) is 2. The summed E-state index contributed by atoms with van der Waals surface area (Å²) >= 11 is 5.85. The fraction of sp³-hybridized carbons (Fsp3) is 0.538. The van der Waals surface area contributed by atoms with E-state index in [1.807, 2.05) is 19.0 Å². The summed E-state index contributed by atoms with van der Waals surface area (Å²) in [5, 5.41) is 2.78. The maximum atomic E-state index is 13.8. The molecule has 0 amide bonds. The van der Waals surface area contributed by atoms with Crippen molar-refractivity contribution in [2.24, 2.45) is 0 Å². The highest BCUT2D eigenvalue weighted by Gasteiger charge is 2.23. The van der Waals surface area contributed by atoms with Crippen molar-refractivity contribution >= 4 is 21.6 Å². The van der Waals surface area contributed by atoms with Crippen LogP contribution in [0.5, 0.6) is 0 Å². The number of sulfonamides is 1. The minimum atomic E-state index is -3.73. The highest BCUT2D eigenvalue weighted by molar-refractivity contribution is 7.89. The first kappa shape index (κ1) is 18.3. The van der Waals surface area contributed by atoms with E-state index in [2.05, 4.69) is 5.32 Å². The molecule has 1 N–H and O–H groups in total. The van der Waals surface area contributed by atoms with Crippen molar-refractivity contribution in [3.63, 3.8) is 0 Å². The van der Waals surface area contributed by atoms with E-state index in [1.165, 1.54) is 17.4 Å². The lowest BCUT2D eigenvalue weighted by Crippen LogP contribution is -2.33. The van der Waals surface area contributed by atoms with Crippen molar-refractivity contribution in [2.75, 3.05) is 41.3 Å². The van der Waals surface area contributed by atoms with E-state index in [4.69, 9.17) is 11.6 Å². The average Bonchev–Trinajstić information content (AvgIpc) is 2.40. The Labute approximate surface area is 130 Å². The zero-order valence-corrected chi connectivity index (χ0v) is 14.2. The van der Waals surface area contributed by atoms with Gasteiger partial charge in [-0.05, 0) is 38.8 Å². The maximum absolute atomic E-state index is 13.8. The Morgan fingerprint density at radius 1 is 1.24 bits per heavy atom. The lowest BCUT2D eigenvalue weighted by molar-refractivity contribution is 0.358. The summed E-state index contributed by atoms with van der Waals surface area (Å²) in [6, 6.07) is 2.37. The van der Waals surface area contributed by atoms with Gasteiger partial charge in [-0.15, -0.1) is 0 Å². The molecule has 0 spiro atoms. The summed E-state index contributed by atoms with van der Waals surface area (Å²) in [4.78, 5) is 1.79. The summed E-state index contributed by atoms with van der Waals surface area (Å²) in [6.07, 6.45) is 0. The van der Waals surface area contributed by atoms with E-state index >= 15 is 0 Å². The molecular weight excluding hydrogens is 317 g/mol. The molecule has 0 aliphatic rings. The van der Waals surface area contributed by atoms with Crippen molar-refractivity contribution in [2.45, 2.75) is 11.4 Å². The van der Waals surface area contributed by atoms with Crippen LogP contribution in [0.1, 0.15) is 5.56 Å². The fourth-order valence-corrected chi connectivity index (χ4v) is 3.13. The SMILES string of the molecule is CNCc1cc(S(=O)(=O)N(C)CCN(C)C)cc(F)c1Cl. The second kappa shape index (κ2) is 7.51. The van der Waals surface area contributed by atoms with Crippen LogP contribution in [-0.4, -0.2) is 58.9 Å². The van der Waals surface area contributed by atoms with E-state index in [0.717, 1.165) is 6.07 Å². The molecule has 0 saturated heterocycles. The molecule has 5 nitrogen and oxygen atoms in total. The number of benzene rings is 1. The molecule has 0 radical (unpaired) electrons. The van der Waals surface area contributed by atoms with E-state index in [9.17, 15) is 12.8 Å². The summed E-state index contributed by atoms with van der Waals surface area (Å²) < 4.78 is 39.9. The average molecular weight is 338 g/mol. The normalized spacial score (nSPS) is 12.4. The Balaban J connectivity index is 3.13. The molecule has 0 aliphatic heterocycles. The molecule has 0 heterocycles. The van der Waals surface area contributed by atoms with Gasteiger partial charge in [-0.25, -0.2) is 12.8 Å². The predicted octanol–water partition coefficient (Wildman–Crippen LogP) is 1.38. The van der Waals surface area contributed by atoms with Crippen LogP contribution in [-0.2, 0) is 16.6 Å². The number of hydrogen-bond donors (Lipinski definition) is 1. The molecule has 0 atom stereocenters. The molecule has 0 unspecified atom stereocenters. The summed E-state index contributed by atoms with van der Waals surface area (Å²) in [5.41, 5.74) is 0.416. The quantitative estimate of drug-likeness (QED) is 0.816. The van der Waals surface area contributed by atoms with Crippen molar-refractivity contribution < 1.29 is 12.8 Å². The highest BCUT2D eigenvalue weighted by atomic mass is 35.5.